The maximum absolute atomic E-state index is 2.51. The van der Waals surface area contributed by atoms with Gasteiger partial charge in [-0.1, -0.05) is 72.8 Å². The van der Waals surface area contributed by atoms with Gasteiger partial charge in [0.05, 0.1) is 0 Å². The molecule has 6 aromatic rings. The lowest BCUT2D eigenvalue weighted by atomic mass is 9.34. The zero-order valence-electron chi connectivity index (χ0n) is 25.0. The van der Waals surface area contributed by atoms with Gasteiger partial charge in [0.25, 0.3) is 6.71 Å². The summed E-state index contributed by atoms with van der Waals surface area (Å²) >= 11 is 0. The monoisotopic (exact) mass is 565 g/mol. The first-order valence-electron chi connectivity index (χ1n) is 15.7. The minimum Gasteiger partial charge on any atom is -0.315 e. The van der Waals surface area contributed by atoms with Gasteiger partial charge in [-0.15, -0.1) is 0 Å². The molecule has 44 heavy (non-hydrogen) atoms. The van der Waals surface area contributed by atoms with Crippen molar-refractivity contribution in [2.75, 3.05) is 9.80 Å². The fourth-order valence-electron chi connectivity index (χ4n) is 7.77. The molecule has 0 amide bonds. The maximum Gasteiger partial charge on any atom is 0.252 e. The molecular weight excluding hydrogens is 533 g/mol. The lowest BCUT2D eigenvalue weighted by Crippen LogP contribution is -2.60. The number of hydrogen-bond donors (Lipinski definition) is 0. The van der Waals surface area contributed by atoms with Gasteiger partial charge in [-0.05, 0) is 109 Å². The summed E-state index contributed by atoms with van der Waals surface area (Å²) < 4.78 is 2.51. The number of hydrogen-bond acceptors (Lipinski definition) is 2. The smallest absolute Gasteiger partial charge is 0.252 e. The summed E-state index contributed by atoms with van der Waals surface area (Å²) in [6, 6.07) is 42.5. The summed E-state index contributed by atoms with van der Waals surface area (Å²) in [5.41, 5.74) is 16.7. The molecule has 0 spiro atoms. The zero-order valence-corrected chi connectivity index (χ0v) is 25.0. The van der Waals surface area contributed by atoms with Crippen molar-refractivity contribution in [3.63, 3.8) is 0 Å². The highest BCUT2D eigenvalue weighted by Gasteiger charge is 2.41. The van der Waals surface area contributed by atoms with Crippen LogP contribution >= 0.6 is 0 Å². The first-order valence-corrected chi connectivity index (χ1v) is 15.7. The molecule has 0 saturated carbocycles. The quantitative estimate of drug-likeness (QED) is 0.199. The van der Waals surface area contributed by atoms with Crippen LogP contribution in [0.2, 0.25) is 0 Å². The van der Waals surface area contributed by atoms with Crippen LogP contribution in [0.3, 0.4) is 0 Å². The predicted octanol–water partition coefficient (Wildman–Crippen LogP) is 8.23. The largest absolute Gasteiger partial charge is 0.315 e. The zero-order chi connectivity index (χ0) is 29.4. The van der Waals surface area contributed by atoms with Gasteiger partial charge in [-0.2, -0.15) is 0 Å². The molecule has 0 atom stereocenters. The summed E-state index contributed by atoms with van der Waals surface area (Å²) in [6.07, 6.45) is 9.03. The number of para-hydroxylation sites is 3. The molecule has 210 valence electrons. The van der Waals surface area contributed by atoms with Gasteiger partial charge in [0.15, 0.2) is 0 Å². The van der Waals surface area contributed by atoms with Crippen LogP contribution in [0.15, 0.2) is 139 Å². The van der Waals surface area contributed by atoms with Gasteiger partial charge < -0.3 is 14.4 Å². The van der Waals surface area contributed by atoms with Crippen LogP contribution in [0.4, 0.5) is 28.4 Å². The second kappa shape index (κ2) is 9.65. The average Bonchev–Trinajstić information content (AvgIpc) is 3.34. The highest BCUT2D eigenvalue weighted by Crippen LogP contribution is 2.41. The molecule has 4 heteroatoms. The fraction of sp³-hybridized carbons (Fsp3) is 0.100. The Morgan fingerprint density at radius 2 is 1.34 bits per heavy atom. The molecule has 0 saturated heterocycles. The molecule has 3 nitrogen and oxygen atoms in total. The SMILES string of the molecule is Cc1c(C)n2c3c(cccc13)B1c3ccccc3N(c3ccc(N(C4=CCCC=C4)c4ccccc4)cc3)c3cccc-2c31. The molecule has 3 aliphatic rings. The average molecular weight is 566 g/mol. The maximum atomic E-state index is 2.51. The van der Waals surface area contributed by atoms with E-state index in [0.29, 0.717) is 0 Å². The molecule has 0 N–H and O–H groups in total. The minimum absolute atomic E-state index is 0.191. The highest BCUT2D eigenvalue weighted by atomic mass is 15.2. The number of aromatic nitrogens is 1. The van der Waals surface area contributed by atoms with Crippen molar-refractivity contribution >= 4 is 62.4 Å². The van der Waals surface area contributed by atoms with E-state index >= 15 is 0 Å². The molecular formula is C40H32BN3. The van der Waals surface area contributed by atoms with E-state index in [2.05, 4.69) is 162 Å². The van der Waals surface area contributed by atoms with Crippen LogP contribution in [0, 0.1) is 13.8 Å². The Bertz CT molecular complexity index is 2150. The molecule has 3 heterocycles. The van der Waals surface area contributed by atoms with Crippen LogP contribution in [-0.4, -0.2) is 11.3 Å². The number of benzene rings is 5. The first-order chi connectivity index (χ1) is 21.7. The number of allylic oxidation sites excluding steroid dienone is 3. The Labute approximate surface area is 259 Å². The van der Waals surface area contributed by atoms with Gasteiger partial charge >= 0.3 is 0 Å². The summed E-state index contributed by atoms with van der Waals surface area (Å²) in [5, 5.41) is 1.36. The first kappa shape index (κ1) is 25.3. The van der Waals surface area contributed by atoms with Crippen molar-refractivity contribution in [3.05, 3.63) is 150 Å². The summed E-state index contributed by atoms with van der Waals surface area (Å²) in [6.45, 7) is 4.72. The second-order valence-corrected chi connectivity index (χ2v) is 12.1. The normalized spacial score (nSPS) is 14.4. The molecule has 0 radical (unpaired) electrons. The third kappa shape index (κ3) is 3.51. The number of rotatable bonds is 4. The minimum atomic E-state index is 0.191. The Morgan fingerprint density at radius 3 is 2.16 bits per heavy atom. The summed E-state index contributed by atoms with van der Waals surface area (Å²) in [5.74, 6) is 0. The van der Waals surface area contributed by atoms with E-state index in [1.807, 2.05) is 0 Å². The topological polar surface area (TPSA) is 11.4 Å². The molecule has 5 aromatic carbocycles. The van der Waals surface area contributed by atoms with Crippen molar-refractivity contribution in [2.45, 2.75) is 26.7 Å². The highest BCUT2D eigenvalue weighted by molar-refractivity contribution is 7.00. The van der Waals surface area contributed by atoms with Crippen LogP contribution in [-0.2, 0) is 0 Å². The van der Waals surface area contributed by atoms with Gasteiger partial charge in [0.2, 0.25) is 0 Å². The van der Waals surface area contributed by atoms with Gasteiger partial charge in [-0.25, -0.2) is 0 Å². The molecule has 1 aromatic heterocycles. The number of aryl methyl sites for hydroxylation is 1. The van der Waals surface area contributed by atoms with Crippen LogP contribution in [0.25, 0.3) is 16.6 Å². The van der Waals surface area contributed by atoms with E-state index < -0.39 is 0 Å². The second-order valence-electron chi connectivity index (χ2n) is 12.1. The number of fused-ring (bicyclic) bond motifs is 4. The Kier molecular flexibility index (Phi) is 5.55. The van der Waals surface area contributed by atoms with E-state index in [9.17, 15) is 0 Å². The van der Waals surface area contributed by atoms with Gasteiger partial charge in [0, 0.05) is 56.4 Å². The Morgan fingerprint density at radius 1 is 0.636 bits per heavy atom. The van der Waals surface area contributed by atoms with E-state index in [4.69, 9.17) is 0 Å². The van der Waals surface area contributed by atoms with Crippen molar-refractivity contribution in [1.82, 2.24) is 4.57 Å². The van der Waals surface area contributed by atoms with E-state index in [-0.39, 0.29) is 6.71 Å². The van der Waals surface area contributed by atoms with Gasteiger partial charge in [-0.3, -0.25) is 0 Å². The van der Waals surface area contributed by atoms with Crippen molar-refractivity contribution < 1.29 is 0 Å². The van der Waals surface area contributed by atoms with Crippen LogP contribution in [0.5, 0.6) is 0 Å². The molecule has 0 fully saturated rings. The molecule has 2 aliphatic heterocycles. The van der Waals surface area contributed by atoms with Crippen molar-refractivity contribution in [3.8, 4) is 5.69 Å². The van der Waals surface area contributed by atoms with E-state index in [1.165, 1.54) is 72.7 Å². The lowest BCUT2D eigenvalue weighted by Gasteiger charge is -2.40. The predicted molar refractivity (Wildman–Crippen MR) is 187 cm³/mol. The Hall–Kier alpha value is -5.22. The van der Waals surface area contributed by atoms with Crippen LogP contribution < -0.4 is 26.2 Å². The molecule has 1 aliphatic carbocycles. The number of nitrogens with zero attached hydrogens (tertiary/aromatic N) is 3. The lowest BCUT2D eigenvalue weighted by molar-refractivity contribution is 0.997. The van der Waals surface area contributed by atoms with Crippen molar-refractivity contribution in [2.24, 2.45) is 0 Å². The van der Waals surface area contributed by atoms with Crippen molar-refractivity contribution in [1.29, 1.82) is 0 Å². The van der Waals surface area contributed by atoms with Crippen LogP contribution in [0.1, 0.15) is 24.1 Å². The third-order valence-electron chi connectivity index (χ3n) is 9.82. The fourth-order valence-corrected chi connectivity index (χ4v) is 7.77. The van der Waals surface area contributed by atoms with E-state index in [0.717, 1.165) is 18.5 Å². The molecule has 0 unspecified atom stereocenters. The Balaban J connectivity index is 1.23. The summed E-state index contributed by atoms with van der Waals surface area (Å²) in [7, 11) is 0. The third-order valence-corrected chi connectivity index (χ3v) is 9.82. The summed E-state index contributed by atoms with van der Waals surface area (Å²) in [4.78, 5) is 4.83. The molecule has 0 bridgehead atoms. The number of anilines is 5. The standard InChI is InChI=1S/C40H32BN3/c1-27-28(2)42-37-21-12-22-38-39(37)41(35-19-11-17-33(27)40(35)42)34-18-9-10-20-36(34)44(38)32-25-23-31(24-26-32)43(29-13-5-3-6-14-29)30-15-7-4-8-16-30/h3,5-7,9-26H,4,8H2,1-2H3. The van der Waals surface area contributed by atoms with Gasteiger partial charge in [0.1, 0.15) is 0 Å². The van der Waals surface area contributed by atoms with E-state index in [1.54, 1.807) is 0 Å². The molecule has 9 rings (SSSR count).